The van der Waals surface area contributed by atoms with Gasteiger partial charge in [0.15, 0.2) is 6.61 Å². The van der Waals surface area contributed by atoms with E-state index in [-0.39, 0.29) is 18.6 Å². The molecule has 1 fully saturated rings. The van der Waals surface area contributed by atoms with Crippen LogP contribution in [0.25, 0.3) is 0 Å². The largest absolute Gasteiger partial charge is 0.484 e. The summed E-state index contributed by atoms with van der Waals surface area (Å²) in [5.41, 5.74) is 6.82. The van der Waals surface area contributed by atoms with Crippen LogP contribution in [0.4, 0.5) is 0 Å². The molecule has 0 bridgehead atoms. The van der Waals surface area contributed by atoms with Crippen LogP contribution in [0.2, 0.25) is 0 Å². The average molecular weight is 248 g/mol. The first-order valence-corrected chi connectivity index (χ1v) is 6.43. The monoisotopic (exact) mass is 248 g/mol. The van der Waals surface area contributed by atoms with Crippen LogP contribution < -0.4 is 10.5 Å². The maximum atomic E-state index is 11.8. The Hall–Kier alpha value is -1.55. The van der Waals surface area contributed by atoms with Crippen LogP contribution in [0, 0.1) is 0 Å². The van der Waals surface area contributed by atoms with Gasteiger partial charge in [-0.15, -0.1) is 0 Å². The molecule has 1 atom stereocenters. The smallest absolute Gasteiger partial charge is 0.260 e. The highest BCUT2D eigenvalue weighted by Crippen LogP contribution is 2.17. The van der Waals surface area contributed by atoms with E-state index in [9.17, 15) is 4.79 Å². The maximum Gasteiger partial charge on any atom is 0.260 e. The lowest BCUT2D eigenvalue weighted by atomic mass is 10.1. The molecule has 1 heterocycles. The lowest BCUT2D eigenvalue weighted by molar-refractivity contribution is -0.132. The molecule has 0 saturated carbocycles. The highest BCUT2D eigenvalue weighted by atomic mass is 16.5. The predicted octanol–water partition coefficient (Wildman–Crippen LogP) is 1.71. The lowest BCUT2D eigenvalue weighted by Gasteiger charge is -2.16. The van der Waals surface area contributed by atoms with E-state index >= 15 is 0 Å². The van der Waals surface area contributed by atoms with Crippen LogP contribution in [-0.4, -0.2) is 30.5 Å². The van der Waals surface area contributed by atoms with Crippen LogP contribution in [-0.2, 0) is 4.79 Å². The first-order chi connectivity index (χ1) is 8.66. The Morgan fingerprint density at radius 3 is 2.83 bits per heavy atom. The summed E-state index contributed by atoms with van der Waals surface area (Å²) >= 11 is 0. The maximum absolute atomic E-state index is 11.8. The molecule has 1 amide bonds. The molecular formula is C14H20N2O2. The van der Waals surface area contributed by atoms with Crippen LogP contribution in [0.3, 0.4) is 0 Å². The number of likely N-dealkylation sites (tertiary alicyclic amines) is 1. The fourth-order valence-electron chi connectivity index (χ4n) is 2.09. The van der Waals surface area contributed by atoms with Crippen LogP contribution in [0.5, 0.6) is 5.75 Å². The predicted molar refractivity (Wildman–Crippen MR) is 70.4 cm³/mol. The second-order valence-electron chi connectivity index (χ2n) is 4.74. The van der Waals surface area contributed by atoms with E-state index in [4.69, 9.17) is 10.5 Å². The van der Waals surface area contributed by atoms with E-state index in [1.54, 1.807) is 0 Å². The molecule has 1 aliphatic heterocycles. The van der Waals surface area contributed by atoms with E-state index < -0.39 is 0 Å². The Morgan fingerprint density at radius 2 is 2.17 bits per heavy atom. The first-order valence-electron chi connectivity index (χ1n) is 6.43. The van der Waals surface area contributed by atoms with Gasteiger partial charge in [0, 0.05) is 19.1 Å². The van der Waals surface area contributed by atoms with Crippen molar-refractivity contribution in [3.63, 3.8) is 0 Å². The molecule has 2 N–H and O–H groups in total. The van der Waals surface area contributed by atoms with Crippen LogP contribution in [0.1, 0.15) is 31.4 Å². The summed E-state index contributed by atoms with van der Waals surface area (Å²) in [4.78, 5) is 13.7. The van der Waals surface area contributed by atoms with Crippen LogP contribution in [0.15, 0.2) is 24.3 Å². The third kappa shape index (κ3) is 3.23. The molecular weight excluding hydrogens is 228 g/mol. The summed E-state index contributed by atoms with van der Waals surface area (Å²) in [6.45, 7) is 3.76. The number of hydrogen-bond donors (Lipinski definition) is 1. The number of benzene rings is 1. The van der Waals surface area contributed by atoms with E-state index in [0.29, 0.717) is 5.75 Å². The van der Waals surface area contributed by atoms with Gasteiger partial charge < -0.3 is 15.4 Å². The van der Waals surface area contributed by atoms with E-state index in [2.05, 4.69) is 0 Å². The highest BCUT2D eigenvalue weighted by Gasteiger charge is 2.18. The van der Waals surface area contributed by atoms with E-state index in [0.717, 1.165) is 31.5 Å². The number of rotatable bonds is 4. The molecule has 98 valence electrons. The van der Waals surface area contributed by atoms with Crippen molar-refractivity contribution in [2.75, 3.05) is 19.7 Å². The van der Waals surface area contributed by atoms with Gasteiger partial charge in [0.25, 0.3) is 5.91 Å². The minimum Gasteiger partial charge on any atom is -0.484 e. The van der Waals surface area contributed by atoms with Crippen molar-refractivity contribution in [2.45, 2.75) is 25.8 Å². The molecule has 1 saturated heterocycles. The molecule has 0 unspecified atom stereocenters. The van der Waals surface area contributed by atoms with Gasteiger partial charge in [-0.2, -0.15) is 0 Å². The fraction of sp³-hybridized carbons (Fsp3) is 0.500. The first kappa shape index (κ1) is 12.9. The number of carbonyl (C=O) groups excluding carboxylic acids is 1. The van der Waals surface area contributed by atoms with E-state index in [1.807, 2.05) is 36.1 Å². The number of amides is 1. The molecule has 4 nitrogen and oxygen atoms in total. The van der Waals surface area contributed by atoms with Gasteiger partial charge in [-0.3, -0.25) is 4.79 Å². The number of carbonyl (C=O) groups is 1. The van der Waals surface area contributed by atoms with Crippen molar-refractivity contribution in [3.8, 4) is 5.75 Å². The van der Waals surface area contributed by atoms with Crippen LogP contribution >= 0.6 is 0 Å². The zero-order valence-electron chi connectivity index (χ0n) is 10.8. The third-order valence-corrected chi connectivity index (χ3v) is 3.20. The van der Waals surface area contributed by atoms with Crippen molar-refractivity contribution >= 4 is 5.91 Å². The number of nitrogens with zero attached hydrogens (tertiary/aromatic N) is 1. The number of hydrogen-bond acceptors (Lipinski definition) is 3. The summed E-state index contributed by atoms with van der Waals surface area (Å²) in [5.74, 6) is 0.774. The van der Waals surface area contributed by atoms with Crippen molar-refractivity contribution in [1.82, 2.24) is 4.90 Å². The Labute approximate surface area is 108 Å². The standard InChI is InChI=1S/C14H20N2O2/c1-11(15)12-5-4-6-13(9-12)18-10-14(17)16-7-2-3-8-16/h4-6,9,11H,2-3,7-8,10,15H2,1H3/t11-/m1/s1. The van der Waals surface area contributed by atoms with Gasteiger partial charge in [-0.1, -0.05) is 12.1 Å². The molecule has 1 aromatic carbocycles. The number of nitrogens with two attached hydrogens (primary N) is 1. The minimum atomic E-state index is -0.0252. The molecule has 1 aromatic rings. The average Bonchev–Trinajstić information content (AvgIpc) is 2.90. The summed E-state index contributed by atoms with van der Waals surface area (Å²) in [7, 11) is 0. The topological polar surface area (TPSA) is 55.6 Å². The Bertz CT molecular complexity index is 412. The lowest BCUT2D eigenvalue weighted by Crippen LogP contribution is -2.32. The second kappa shape index (κ2) is 5.87. The molecule has 4 heteroatoms. The summed E-state index contributed by atoms with van der Waals surface area (Å²) in [6, 6.07) is 7.57. The summed E-state index contributed by atoms with van der Waals surface area (Å²) < 4.78 is 5.52. The van der Waals surface area contributed by atoms with Gasteiger partial charge in [0.1, 0.15) is 5.75 Å². The molecule has 18 heavy (non-hydrogen) atoms. The summed E-state index contributed by atoms with van der Waals surface area (Å²) in [6.07, 6.45) is 2.21. The Kier molecular flexibility index (Phi) is 4.20. The minimum absolute atomic E-state index is 0.0252. The van der Waals surface area contributed by atoms with Gasteiger partial charge >= 0.3 is 0 Å². The molecule has 0 spiro atoms. The normalized spacial score (nSPS) is 16.7. The van der Waals surface area contributed by atoms with Crippen molar-refractivity contribution < 1.29 is 9.53 Å². The quantitative estimate of drug-likeness (QED) is 0.882. The molecule has 2 rings (SSSR count). The second-order valence-corrected chi connectivity index (χ2v) is 4.74. The zero-order valence-corrected chi connectivity index (χ0v) is 10.8. The van der Waals surface area contributed by atoms with Crippen molar-refractivity contribution in [1.29, 1.82) is 0 Å². The summed E-state index contributed by atoms with van der Waals surface area (Å²) in [5, 5.41) is 0. The van der Waals surface area contributed by atoms with Gasteiger partial charge in [0.05, 0.1) is 0 Å². The van der Waals surface area contributed by atoms with Gasteiger partial charge in [-0.25, -0.2) is 0 Å². The highest BCUT2D eigenvalue weighted by molar-refractivity contribution is 5.78. The third-order valence-electron chi connectivity index (χ3n) is 3.20. The SMILES string of the molecule is C[C@@H](N)c1cccc(OCC(=O)N2CCCC2)c1. The molecule has 1 aliphatic rings. The molecule has 0 radical (unpaired) electrons. The van der Waals surface area contributed by atoms with Gasteiger partial charge in [-0.05, 0) is 37.5 Å². The van der Waals surface area contributed by atoms with Crippen molar-refractivity contribution in [3.05, 3.63) is 29.8 Å². The van der Waals surface area contributed by atoms with Crippen molar-refractivity contribution in [2.24, 2.45) is 5.73 Å². The Morgan fingerprint density at radius 1 is 1.44 bits per heavy atom. The Balaban J connectivity index is 1.89. The zero-order chi connectivity index (χ0) is 13.0. The van der Waals surface area contributed by atoms with E-state index in [1.165, 1.54) is 0 Å². The number of ether oxygens (including phenoxy) is 1. The fourth-order valence-corrected chi connectivity index (χ4v) is 2.09. The van der Waals surface area contributed by atoms with Gasteiger partial charge in [0.2, 0.25) is 0 Å². The molecule has 0 aromatic heterocycles. The molecule has 0 aliphatic carbocycles.